The maximum absolute atomic E-state index is 13.6. The molecule has 0 aliphatic carbocycles. The van der Waals surface area contributed by atoms with Gasteiger partial charge in [-0.25, -0.2) is 22.8 Å². The van der Waals surface area contributed by atoms with Gasteiger partial charge in [-0.2, -0.15) is 0 Å². The SMILES string of the molecule is [2H]C([2H])([2H])C(c1nc(NS(C)(=O)=O)nc(-c2ccc(F)cc2)c1/C=C/[C@@H](O)C[C@@H](O)CC(=O)O)C([2H])([2H])[2H]. The van der Waals surface area contributed by atoms with Gasteiger partial charge in [-0.15, -0.1) is 0 Å². The number of rotatable bonds is 10. The fourth-order valence-electron chi connectivity index (χ4n) is 2.76. The molecule has 0 radical (unpaired) electrons. The van der Waals surface area contributed by atoms with Gasteiger partial charge in [0.25, 0.3) is 0 Å². The van der Waals surface area contributed by atoms with Crippen LogP contribution < -0.4 is 4.72 Å². The summed E-state index contributed by atoms with van der Waals surface area (Å²) < 4.78 is 86.5. The zero-order valence-corrected chi connectivity index (χ0v) is 17.7. The van der Waals surface area contributed by atoms with E-state index in [1.54, 1.807) is 0 Å². The number of anilines is 1. The molecule has 2 rings (SSSR count). The van der Waals surface area contributed by atoms with Crippen molar-refractivity contribution >= 4 is 28.0 Å². The summed E-state index contributed by atoms with van der Waals surface area (Å²) in [4.78, 5) is 18.8. The summed E-state index contributed by atoms with van der Waals surface area (Å²) in [5.41, 5.74) is -0.907. The molecule has 174 valence electrons. The zero-order valence-electron chi connectivity index (χ0n) is 22.9. The number of sulfonamides is 1. The first-order chi connectivity index (χ1) is 17.3. The van der Waals surface area contributed by atoms with Gasteiger partial charge in [0.1, 0.15) is 5.82 Å². The lowest BCUT2D eigenvalue weighted by atomic mass is 9.97. The third-order valence-corrected chi connectivity index (χ3v) is 4.61. The normalized spacial score (nSPS) is 17.5. The molecule has 1 aromatic carbocycles. The smallest absolute Gasteiger partial charge is 0.305 e. The molecule has 9 nitrogen and oxygen atoms in total. The predicted molar refractivity (Wildman–Crippen MR) is 118 cm³/mol. The summed E-state index contributed by atoms with van der Waals surface area (Å²) in [5.74, 6) is -4.84. The van der Waals surface area contributed by atoms with E-state index in [9.17, 15) is 27.8 Å². The number of carboxylic acid groups (broad SMARTS) is 1. The second kappa shape index (κ2) is 10.6. The van der Waals surface area contributed by atoms with E-state index < -0.39 is 78.1 Å². The third-order valence-electron chi connectivity index (χ3n) is 4.05. The lowest BCUT2D eigenvalue weighted by Crippen LogP contribution is -2.19. The maximum Gasteiger partial charge on any atom is 0.305 e. The summed E-state index contributed by atoms with van der Waals surface area (Å²) in [6, 6.07) is 4.54. The van der Waals surface area contributed by atoms with Crippen molar-refractivity contribution in [1.29, 1.82) is 0 Å². The molecular weight excluding hydrogens is 441 g/mol. The van der Waals surface area contributed by atoms with Gasteiger partial charge in [-0.1, -0.05) is 25.9 Å². The van der Waals surface area contributed by atoms with Gasteiger partial charge in [0, 0.05) is 25.8 Å². The molecule has 2 aromatic rings. The van der Waals surface area contributed by atoms with E-state index in [0.29, 0.717) is 0 Å². The maximum atomic E-state index is 13.6. The Hall–Kier alpha value is -2.89. The van der Waals surface area contributed by atoms with Crippen molar-refractivity contribution in [2.45, 2.75) is 44.7 Å². The highest BCUT2D eigenvalue weighted by Crippen LogP contribution is 2.30. The van der Waals surface area contributed by atoms with Crippen molar-refractivity contribution in [1.82, 2.24) is 9.97 Å². The first-order valence-corrected chi connectivity index (χ1v) is 11.1. The summed E-state index contributed by atoms with van der Waals surface area (Å²) >= 11 is 0. The van der Waals surface area contributed by atoms with E-state index in [1.165, 1.54) is 12.1 Å². The molecular formula is C21H26FN3O6S. The highest BCUT2D eigenvalue weighted by molar-refractivity contribution is 7.91. The van der Waals surface area contributed by atoms with Crippen molar-refractivity contribution in [3.63, 3.8) is 0 Å². The summed E-state index contributed by atoms with van der Waals surface area (Å²) in [6.45, 7) is -6.33. The average molecular weight is 474 g/mol. The van der Waals surface area contributed by atoms with E-state index in [0.717, 1.165) is 30.5 Å². The quantitative estimate of drug-likeness (QED) is 0.411. The van der Waals surface area contributed by atoms with Crippen LogP contribution in [0.15, 0.2) is 30.3 Å². The number of aliphatic carboxylic acids is 1. The number of benzene rings is 1. The molecule has 0 aliphatic rings. The van der Waals surface area contributed by atoms with Gasteiger partial charge in [-0.05, 0) is 30.2 Å². The molecule has 0 saturated carbocycles. The van der Waals surface area contributed by atoms with Crippen LogP contribution in [0.25, 0.3) is 17.3 Å². The number of halogens is 1. The number of aliphatic hydroxyl groups excluding tert-OH is 2. The zero-order chi connectivity index (χ0) is 29.1. The molecule has 0 fully saturated rings. The number of carbonyl (C=O) groups is 1. The van der Waals surface area contributed by atoms with Gasteiger partial charge in [0.2, 0.25) is 16.0 Å². The second-order valence-corrected chi connectivity index (χ2v) is 8.67. The number of aliphatic hydroxyl groups is 2. The number of hydrogen-bond acceptors (Lipinski definition) is 7. The first kappa shape index (κ1) is 17.6. The average Bonchev–Trinajstić information content (AvgIpc) is 2.69. The van der Waals surface area contributed by atoms with Crippen LogP contribution in [0.4, 0.5) is 10.3 Å². The van der Waals surface area contributed by atoms with Crippen molar-refractivity contribution < 1.29 is 41.1 Å². The molecule has 0 spiro atoms. The Balaban J connectivity index is 2.85. The van der Waals surface area contributed by atoms with E-state index in [-0.39, 0.29) is 16.8 Å². The van der Waals surface area contributed by atoms with E-state index >= 15 is 0 Å². The fourth-order valence-corrected chi connectivity index (χ4v) is 3.18. The van der Waals surface area contributed by atoms with Crippen molar-refractivity contribution in [3.8, 4) is 11.3 Å². The molecule has 0 bridgehead atoms. The molecule has 0 saturated heterocycles. The molecule has 4 N–H and O–H groups in total. The number of carboxylic acids is 1. The highest BCUT2D eigenvalue weighted by Gasteiger charge is 2.19. The van der Waals surface area contributed by atoms with Crippen molar-refractivity contribution in [2.24, 2.45) is 0 Å². The van der Waals surface area contributed by atoms with Crippen LogP contribution >= 0.6 is 0 Å². The van der Waals surface area contributed by atoms with Crippen LogP contribution in [-0.2, 0) is 14.8 Å². The van der Waals surface area contributed by atoms with Gasteiger partial charge >= 0.3 is 5.97 Å². The lowest BCUT2D eigenvalue weighted by molar-refractivity contribution is -0.139. The molecule has 32 heavy (non-hydrogen) atoms. The molecule has 11 heteroatoms. The third kappa shape index (κ3) is 7.66. The second-order valence-electron chi connectivity index (χ2n) is 6.92. The Kier molecular flexibility index (Phi) is 5.85. The minimum atomic E-state index is -4.01. The van der Waals surface area contributed by atoms with Crippen LogP contribution in [0.5, 0.6) is 0 Å². The van der Waals surface area contributed by atoms with Crippen molar-refractivity contribution in [3.05, 3.63) is 47.4 Å². The fraction of sp³-hybridized carbons (Fsp3) is 0.381. The summed E-state index contributed by atoms with van der Waals surface area (Å²) in [6.07, 6.45) is -1.09. The van der Waals surface area contributed by atoms with Crippen LogP contribution in [-0.4, -0.2) is 58.1 Å². The Morgan fingerprint density at radius 2 is 1.91 bits per heavy atom. The summed E-state index contributed by atoms with van der Waals surface area (Å²) in [5, 5.41) is 28.9. The molecule has 1 aromatic heterocycles. The topological polar surface area (TPSA) is 150 Å². The van der Waals surface area contributed by atoms with E-state index in [1.807, 2.05) is 4.72 Å². The van der Waals surface area contributed by atoms with E-state index in [4.69, 9.17) is 13.3 Å². The Labute approximate surface area is 194 Å². The number of nitrogens with one attached hydrogen (secondary N) is 1. The van der Waals surface area contributed by atoms with Gasteiger partial charge in [0.05, 0.1) is 36.3 Å². The van der Waals surface area contributed by atoms with Crippen molar-refractivity contribution in [2.75, 3.05) is 11.0 Å². The van der Waals surface area contributed by atoms with Crippen LogP contribution in [0.2, 0.25) is 0 Å². The van der Waals surface area contributed by atoms with Crippen LogP contribution in [0.1, 0.15) is 51.9 Å². The number of aromatic nitrogens is 2. The van der Waals surface area contributed by atoms with Crippen LogP contribution in [0, 0.1) is 5.82 Å². The van der Waals surface area contributed by atoms with E-state index in [2.05, 4.69) is 9.97 Å². The molecule has 1 heterocycles. The monoisotopic (exact) mass is 473 g/mol. The number of hydrogen-bond donors (Lipinski definition) is 4. The van der Waals surface area contributed by atoms with Gasteiger partial charge in [0.15, 0.2) is 0 Å². The minimum Gasteiger partial charge on any atom is -0.481 e. The first-order valence-electron chi connectivity index (χ1n) is 12.2. The largest absolute Gasteiger partial charge is 0.481 e. The van der Waals surface area contributed by atoms with Crippen LogP contribution in [0.3, 0.4) is 0 Å². The predicted octanol–water partition coefficient (Wildman–Crippen LogP) is 2.38. The molecule has 0 unspecified atom stereocenters. The molecule has 0 amide bonds. The molecule has 0 aliphatic heterocycles. The summed E-state index contributed by atoms with van der Waals surface area (Å²) in [7, 11) is -4.01. The number of nitrogens with zero attached hydrogens (tertiary/aromatic N) is 2. The van der Waals surface area contributed by atoms with Gasteiger partial charge in [-0.3, -0.25) is 9.52 Å². The Morgan fingerprint density at radius 3 is 2.47 bits per heavy atom. The Bertz CT molecular complexity index is 1270. The lowest BCUT2D eigenvalue weighted by Gasteiger charge is -2.17. The minimum absolute atomic E-state index is 0.126. The Morgan fingerprint density at radius 1 is 1.25 bits per heavy atom. The highest BCUT2D eigenvalue weighted by atomic mass is 32.2. The standard InChI is InChI=1S/C21H26FN3O6S/c1-12(2)19-17(9-8-15(26)10-16(27)11-18(28)29)20(13-4-6-14(22)7-5-13)24-21(23-19)25-32(3,30)31/h4-9,12,15-16,26-27H,10-11H2,1-3H3,(H,28,29)(H,23,24,25)/b9-8+/t15-,16-/m1/s1/i1D3,2D3. The molecule has 2 atom stereocenters. The van der Waals surface area contributed by atoms with Gasteiger partial charge < -0.3 is 15.3 Å².